The first-order chi connectivity index (χ1) is 20.2. The fourth-order valence-corrected chi connectivity index (χ4v) is 4.85. The Labute approximate surface area is 244 Å². The van der Waals surface area contributed by atoms with Gasteiger partial charge in [-0.3, -0.25) is 9.36 Å². The van der Waals surface area contributed by atoms with Crippen LogP contribution in [-0.4, -0.2) is 63.0 Å². The molecule has 0 saturated carbocycles. The molecule has 0 radical (unpaired) electrons. The van der Waals surface area contributed by atoms with Crippen LogP contribution >= 0.6 is 0 Å². The number of amides is 1. The van der Waals surface area contributed by atoms with E-state index in [0.29, 0.717) is 10.1 Å². The van der Waals surface area contributed by atoms with Crippen molar-refractivity contribution in [2.75, 3.05) is 18.5 Å². The maximum atomic E-state index is 14.4. The summed E-state index contributed by atoms with van der Waals surface area (Å²) in [5, 5.41) is 21.2. The van der Waals surface area contributed by atoms with Crippen molar-refractivity contribution in [1.29, 1.82) is 0 Å². The van der Waals surface area contributed by atoms with Gasteiger partial charge in [0.1, 0.15) is 11.9 Å². The third-order valence-corrected chi connectivity index (χ3v) is 7.23. The zero-order chi connectivity index (χ0) is 30.5. The normalized spacial score (nSPS) is 19.5. The minimum atomic E-state index is -3.85. The van der Waals surface area contributed by atoms with Gasteiger partial charge in [-0.15, -0.1) is 0 Å². The van der Waals surface area contributed by atoms with E-state index < -0.39 is 48.5 Å². The van der Waals surface area contributed by atoms with Gasteiger partial charge in [-0.05, 0) is 24.1 Å². The summed E-state index contributed by atoms with van der Waals surface area (Å²) in [6.07, 6.45) is 6.34. The molecule has 1 amide bonds. The number of unbranched alkanes of at least 4 members (excludes halogenated alkanes) is 9. The molecule has 1 aliphatic rings. The number of aromatic nitrogens is 2. The fraction of sp³-hybridized carbons (Fsp3) is 0.600. The highest BCUT2D eigenvalue weighted by Crippen LogP contribution is 2.42. The van der Waals surface area contributed by atoms with Crippen LogP contribution in [0.5, 0.6) is 0 Å². The van der Waals surface area contributed by atoms with Crippen LogP contribution in [0.25, 0.3) is 0 Å². The lowest BCUT2D eigenvalue weighted by atomic mass is 10.0. The van der Waals surface area contributed by atoms with Gasteiger partial charge in [0.05, 0.1) is 25.2 Å². The lowest BCUT2D eigenvalue weighted by molar-refractivity contribution is -0.141. The molecule has 1 fully saturated rings. The summed E-state index contributed by atoms with van der Waals surface area (Å²) in [6, 6.07) is 7.66. The van der Waals surface area contributed by atoms with Gasteiger partial charge in [-0.1, -0.05) is 82.9 Å². The van der Waals surface area contributed by atoms with Gasteiger partial charge in [0.15, 0.2) is 6.10 Å². The average Bonchev–Trinajstić information content (AvgIpc) is 3.19. The number of aliphatic hydroxyl groups is 2. The summed E-state index contributed by atoms with van der Waals surface area (Å²) in [5.74, 6) is -5.17. The summed E-state index contributed by atoms with van der Waals surface area (Å²) >= 11 is 0. The third kappa shape index (κ3) is 9.14. The number of rotatable bonds is 17. The Kier molecular flexibility index (Phi) is 13.0. The first kappa shape index (κ1) is 33.3. The molecule has 1 aromatic heterocycles. The molecule has 10 nitrogen and oxygen atoms in total. The van der Waals surface area contributed by atoms with E-state index in [4.69, 9.17) is 14.6 Å². The summed E-state index contributed by atoms with van der Waals surface area (Å²) in [6.45, 7) is 1.63. The van der Waals surface area contributed by atoms with Crippen molar-refractivity contribution in [3.63, 3.8) is 0 Å². The number of hydrogen-bond acceptors (Lipinski definition) is 8. The smallest absolute Gasteiger partial charge is 0.351 e. The van der Waals surface area contributed by atoms with E-state index in [-0.39, 0.29) is 24.4 Å². The van der Waals surface area contributed by atoms with Crippen molar-refractivity contribution in [3.8, 4) is 0 Å². The molecule has 42 heavy (non-hydrogen) atoms. The molecule has 12 heteroatoms. The minimum absolute atomic E-state index is 0.192. The Morgan fingerprint density at radius 2 is 1.69 bits per heavy atom. The van der Waals surface area contributed by atoms with Crippen LogP contribution in [0.3, 0.4) is 0 Å². The van der Waals surface area contributed by atoms with E-state index in [1.54, 1.807) is 24.3 Å². The quantitative estimate of drug-likeness (QED) is 0.181. The van der Waals surface area contributed by atoms with Crippen LogP contribution < -0.4 is 11.0 Å². The topological polar surface area (TPSA) is 140 Å². The molecule has 1 aromatic carbocycles. The molecule has 3 N–H and O–H groups in total. The van der Waals surface area contributed by atoms with Crippen LogP contribution in [0.15, 0.2) is 41.3 Å². The van der Waals surface area contributed by atoms with Gasteiger partial charge in [-0.25, -0.2) is 9.59 Å². The highest BCUT2D eigenvalue weighted by Gasteiger charge is 2.59. The molecule has 3 atom stereocenters. The summed E-state index contributed by atoms with van der Waals surface area (Å²) in [4.78, 5) is 41.4. The molecular formula is C30H41F2N3O7. The molecule has 0 spiro atoms. The molecule has 1 aliphatic heterocycles. The predicted octanol–water partition coefficient (Wildman–Crippen LogP) is 4.39. The number of nitrogens with one attached hydrogen (secondary N) is 1. The molecule has 0 bridgehead atoms. The van der Waals surface area contributed by atoms with E-state index in [2.05, 4.69) is 17.2 Å². The first-order valence-corrected chi connectivity index (χ1v) is 14.6. The number of esters is 1. The number of carbonyl (C=O) groups is 2. The summed E-state index contributed by atoms with van der Waals surface area (Å²) in [7, 11) is 0. The molecule has 1 saturated heterocycles. The van der Waals surface area contributed by atoms with Gasteiger partial charge in [0.2, 0.25) is 12.1 Å². The van der Waals surface area contributed by atoms with Gasteiger partial charge in [-0.2, -0.15) is 13.8 Å². The monoisotopic (exact) mass is 593 g/mol. The highest BCUT2D eigenvalue weighted by atomic mass is 19.3. The van der Waals surface area contributed by atoms with Gasteiger partial charge >= 0.3 is 17.6 Å². The van der Waals surface area contributed by atoms with Crippen LogP contribution in [0, 0.1) is 0 Å². The molecule has 2 aromatic rings. The minimum Gasteiger partial charge on any atom is -0.462 e. The second-order valence-electron chi connectivity index (χ2n) is 10.5. The Balaban J connectivity index is 1.47. The predicted molar refractivity (Wildman–Crippen MR) is 151 cm³/mol. The van der Waals surface area contributed by atoms with Crippen LogP contribution in [0.1, 0.15) is 93.3 Å². The lowest BCUT2D eigenvalue weighted by Gasteiger charge is -2.21. The van der Waals surface area contributed by atoms with Crippen molar-refractivity contribution in [3.05, 3.63) is 58.1 Å². The Hall–Kier alpha value is -3.22. The van der Waals surface area contributed by atoms with E-state index in [1.165, 1.54) is 44.9 Å². The van der Waals surface area contributed by atoms with Gasteiger partial charge < -0.3 is 25.0 Å². The zero-order valence-corrected chi connectivity index (χ0v) is 24.0. The van der Waals surface area contributed by atoms with E-state index in [1.807, 2.05) is 0 Å². The summed E-state index contributed by atoms with van der Waals surface area (Å²) in [5.41, 5.74) is -0.487. The van der Waals surface area contributed by atoms with Crippen molar-refractivity contribution in [2.24, 2.45) is 0 Å². The first-order valence-electron chi connectivity index (χ1n) is 14.6. The van der Waals surface area contributed by atoms with Crippen molar-refractivity contribution < 1.29 is 38.1 Å². The Morgan fingerprint density at radius 1 is 1.05 bits per heavy atom. The molecule has 0 unspecified atom stereocenters. The largest absolute Gasteiger partial charge is 0.462 e. The summed E-state index contributed by atoms with van der Waals surface area (Å²) < 4.78 is 39.6. The van der Waals surface area contributed by atoms with Crippen molar-refractivity contribution in [2.45, 2.75) is 102 Å². The van der Waals surface area contributed by atoms with Crippen LogP contribution in [-0.2, 0) is 20.7 Å². The molecule has 3 rings (SSSR count). The standard InChI is InChI=1S/C30H41F2N3O7/c1-2-3-4-5-6-7-8-9-10-13-18-41-27(39)22-15-12-11-14-21(22)19-25(37)33-24-16-17-35(29(40)34-24)28-30(31,32)26(38)23(20-36)42-28/h11-12,14-17,23,26,28,36,38H,2-10,13,18-20H2,1H3,(H,33,34,37,40)/t23-,26-,28-/m1/s1. The molecule has 2 heterocycles. The van der Waals surface area contributed by atoms with Gasteiger partial charge in [0.25, 0.3) is 0 Å². The number of carbonyl (C=O) groups excluding carboxylic acids is 2. The number of benzene rings is 1. The number of aliphatic hydroxyl groups excluding tert-OH is 2. The number of ether oxygens (including phenoxy) is 2. The van der Waals surface area contributed by atoms with Crippen LogP contribution in [0.2, 0.25) is 0 Å². The highest BCUT2D eigenvalue weighted by molar-refractivity contribution is 5.96. The van der Waals surface area contributed by atoms with Crippen molar-refractivity contribution in [1.82, 2.24) is 9.55 Å². The zero-order valence-electron chi connectivity index (χ0n) is 24.0. The number of nitrogens with zero attached hydrogens (tertiary/aromatic N) is 2. The molecule has 0 aliphatic carbocycles. The Morgan fingerprint density at radius 3 is 2.31 bits per heavy atom. The SMILES string of the molecule is CCCCCCCCCCCCOC(=O)c1ccccc1CC(=O)Nc1ccn([C@@H]2O[C@H](CO)[C@@H](O)C2(F)F)c(=O)n1. The molecular weight excluding hydrogens is 552 g/mol. The van der Waals surface area contributed by atoms with E-state index >= 15 is 0 Å². The maximum absolute atomic E-state index is 14.4. The van der Waals surface area contributed by atoms with Crippen molar-refractivity contribution >= 4 is 17.7 Å². The average molecular weight is 594 g/mol. The van der Waals surface area contributed by atoms with E-state index in [9.17, 15) is 28.3 Å². The Bertz CT molecular complexity index is 1220. The maximum Gasteiger partial charge on any atom is 0.351 e. The third-order valence-electron chi connectivity index (χ3n) is 7.23. The number of alkyl halides is 2. The van der Waals surface area contributed by atoms with E-state index in [0.717, 1.165) is 31.5 Å². The lowest BCUT2D eigenvalue weighted by Crippen LogP contribution is -2.41. The van der Waals surface area contributed by atoms with Gasteiger partial charge in [0, 0.05) is 6.20 Å². The molecule has 232 valence electrons. The second kappa shape index (κ2) is 16.4. The number of hydrogen-bond donors (Lipinski definition) is 3. The van der Waals surface area contributed by atoms with Crippen LogP contribution in [0.4, 0.5) is 14.6 Å². The fourth-order valence-electron chi connectivity index (χ4n) is 4.85. The number of anilines is 1. The number of halogens is 2. The second-order valence-corrected chi connectivity index (χ2v) is 10.5.